The van der Waals surface area contributed by atoms with Crippen molar-refractivity contribution in [1.82, 2.24) is 10.2 Å². The van der Waals surface area contributed by atoms with E-state index in [0.29, 0.717) is 19.1 Å². The van der Waals surface area contributed by atoms with Crippen LogP contribution >= 0.6 is 0 Å². The van der Waals surface area contributed by atoms with Crippen LogP contribution in [0, 0.1) is 17.6 Å². The second kappa shape index (κ2) is 8.79. The Kier molecular flexibility index (Phi) is 6.73. The largest absolute Gasteiger partial charge is 0.481 e. The van der Waals surface area contributed by atoms with Gasteiger partial charge >= 0.3 is 0 Å². The molecule has 1 fully saturated rings. The molecule has 5 nitrogen and oxygen atoms in total. The molecule has 1 unspecified atom stereocenters. The molecular formula is C16H22F2N2O3. The zero-order valence-electron chi connectivity index (χ0n) is 13.2. The van der Waals surface area contributed by atoms with Crippen LogP contribution in [-0.4, -0.2) is 57.3 Å². The quantitative estimate of drug-likeness (QED) is 0.784. The average Bonchev–Trinajstić information content (AvgIpc) is 2.98. The average molecular weight is 328 g/mol. The molecular weight excluding hydrogens is 306 g/mol. The molecule has 2 rings (SSSR count). The van der Waals surface area contributed by atoms with Crippen LogP contribution in [0.4, 0.5) is 8.78 Å². The Morgan fingerprint density at radius 3 is 3.00 bits per heavy atom. The molecule has 0 saturated carbocycles. The van der Waals surface area contributed by atoms with Crippen molar-refractivity contribution < 1.29 is 23.0 Å². The van der Waals surface area contributed by atoms with Crippen LogP contribution in [-0.2, 0) is 9.53 Å². The monoisotopic (exact) mass is 328 g/mol. The number of benzene rings is 1. The van der Waals surface area contributed by atoms with Crippen LogP contribution in [0.1, 0.15) is 6.42 Å². The van der Waals surface area contributed by atoms with E-state index in [1.165, 1.54) is 6.07 Å². The van der Waals surface area contributed by atoms with E-state index in [1.54, 1.807) is 7.11 Å². The summed E-state index contributed by atoms with van der Waals surface area (Å²) < 4.78 is 36.2. The molecule has 1 aromatic rings. The Morgan fingerprint density at radius 2 is 2.26 bits per heavy atom. The summed E-state index contributed by atoms with van der Waals surface area (Å²) in [6.07, 6.45) is 1.03. The molecule has 0 aliphatic carbocycles. The predicted molar refractivity (Wildman–Crippen MR) is 81.3 cm³/mol. The Hall–Kier alpha value is -1.73. The van der Waals surface area contributed by atoms with Crippen molar-refractivity contribution in [1.29, 1.82) is 0 Å². The maximum atomic E-state index is 13.4. The van der Waals surface area contributed by atoms with Gasteiger partial charge in [-0.3, -0.25) is 4.79 Å². The lowest BCUT2D eigenvalue weighted by Crippen LogP contribution is -2.34. The Morgan fingerprint density at radius 1 is 1.43 bits per heavy atom. The summed E-state index contributed by atoms with van der Waals surface area (Å²) in [5.74, 6) is -1.54. The number of likely N-dealkylation sites (tertiary alicyclic amines) is 1. The lowest BCUT2D eigenvalue weighted by atomic mass is 10.1. The number of hydrogen-bond acceptors (Lipinski definition) is 4. The van der Waals surface area contributed by atoms with Crippen LogP contribution < -0.4 is 10.1 Å². The number of methoxy groups -OCH3 is 1. The van der Waals surface area contributed by atoms with Gasteiger partial charge in [0.15, 0.2) is 18.2 Å². The molecule has 1 atom stereocenters. The highest BCUT2D eigenvalue weighted by Gasteiger charge is 2.22. The zero-order chi connectivity index (χ0) is 16.7. The molecule has 7 heteroatoms. The van der Waals surface area contributed by atoms with Gasteiger partial charge in [0.1, 0.15) is 5.82 Å². The highest BCUT2D eigenvalue weighted by atomic mass is 19.1. The van der Waals surface area contributed by atoms with Crippen molar-refractivity contribution in [3.63, 3.8) is 0 Å². The van der Waals surface area contributed by atoms with Crippen LogP contribution in [0.3, 0.4) is 0 Å². The molecule has 0 bridgehead atoms. The third-order valence-electron chi connectivity index (χ3n) is 3.82. The first-order valence-electron chi connectivity index (χ1n) is 7.64. The van der Waals surface area contributed by atoms with E-state index >= 15 is 0 Å². The van der Waals surface area contributed by atoms with Crippen LogP contribution in [0.25, 0.3) is 0 Å². The summed E-state index contributed by atoms with van der Waals surface area (Å²) in [4.78, 5) is 14.0. The Bertz CT molecular complexity index is 528. The molecule has 1 N–H and O–H groups in total. The topological polar surface area (TPSA) is 50.8 Å². The van der Waals surface area contributed by atoms with E-state index < -0.39 is 11.6 Å². The van der Waals surface area contributed by atoms with E-state index in [0.717, 1.165) is 38.2 Å². The van der Waals surface area contributed by atoms with Crippen LogP contribution in [0.15, 0.2) is 18.2 Å². The molecule has 0 spiro atoms. The highest BCUT2D eigenvalue weighted by Crippen LogP contribution is 2.17. The molecule has 1 aliphatic rings. The van der Waals surface area contributed by atoms with Crippen molar-refractivity contribution in [2.45, 2.75) is 6.42 Å². The number of rotatable bonds is 8. The molecule has 1 heterocycles. The summed E-state index contributed by atoms with van der Waals surface area (Å²) in [7, 11) is 1.68. The number of ether oxygens (including phenoxy) is 2. The lowest BCUT2D eigenvalue weighted by molar-refractivity contribution is -0.123. The first-order valence-corrected chi connectivity index (χ1v) is 7.64. The van der Waals surface area contributed by atoms with Gasteiger partial charge < -0.3 is 19.7 Å². The van der Waals surface area contributed by atoms with Gasteiger partial charge in [-0.1, -0.05) is 0 Å². The van der Waals surface area contributed by atoms with Gasteiger partial charge in [0.25, 0.3) is 5.91 Å². The zero-order valence-corrected chi connectivity index (χ0v) is 13.2. The predicted octanol–water partition coefficient (Wildman–Crippen LogP) is 1.43. The highest BCUT2D eigenvalue weighted by molar-refractivity contribution is 5.77. The van der Waals surface area contributed by atoms with Crippen molar-refractivity contribution in [2.24, 2.45) is 5.92 Å². The fraction of sp³-hybridized carbons (Fsp3) is 0.562. The third kappa shape index (κ3) is 5.76. The third-order valence-corrected chi connectivity index (χ3v) is 3.82. The van der Waals surface area contributed by atoms with Gasteiger partial charge in [-0.25, -0.2) is 8.78 Å². The minimum Gasteiger partial charge on any atom is -0.481 e. The number of carbonyl (C=O) groups is 1. The summed E-state index contributed by atoms with van der Waals surface area (Å²) in [5, 5.41) is 2.78. The summed E-state index contributed by atoms with van der Waals surface area (Å²) in [6, 6.07) is 2.98. The van der Waals surface area contributed by atoms with Crippen molar-refractivity contribution in [3.8, 4) is 5.75 Å². The molecule has 23 heavy (non-hydrogen) atoms. The van der Waals surface area contributed by atoms with Crippen molar-refractivity contribution in [2.75, 3.05) is 46.5 Å². The SMILES string of the molecule is COCCN1CCC(CNC(=O)COc2ccc(F)cc2F)C1. The first kappa shape index (κ1) is 17.6. The maximum Gasteiger partial charge on any atom is 0.257 e. The van der Waals surface area contributed by atoms with E-state index in [2.05, 4.69) is 10.2 Å². The van der Waals surface area contributed by atoms with Gasteiger partial charge in [-0.15, -0.1) is 0 Å². The number of nitrogens with zero attached hydrogens (tertiary/aromatic N) is 1. The molecule has 128 valence electrons. The lowest BCUT2D eigenvalue weighted by Gasteiger charge is -2.15. The first-order chi connectivity index (χ1) is 11.1. The summed E-state index contributed by atoms with van der Waals surface area (Å²) in [6.45, 7) is 3.81. The second-order valence-electron chi connectivity index (χ2n) is 5.62. The minimum absolute atomic E-state index is 0.131. The fourth-order valence-corrected chi connectivity index (χ4v) is 2.55. The molecule has 0 radical (unpaired) electrons. The molecule has 0 aromatic heterocycles. The summed E-state index contributed by atoms with van der Waals surface area (Å²) >= 11 is 0. The second-order valence-corrected chi connectivity index (χ2v) is 5.62. The summed E-state index contributed by atoms with van der Waals surface area (Å²) in [5.41, 5.74) is 0. The molecule has 1 amide bonds. The minimum atomic E-state index is -0.817. The molecule has 1 aliphatic heterocycles. The Balaban J connectivity index is 1.66. The van der Waals surface area contributed by atoms with Gasteiger partial charge in [0.2, 0.25) is 0 Å². The van der Waals surface area contributed by atoms with Crippen LogP contribution in [0.5, 0.6) is 5.75 Å². The van der Waals surface area contributed by atoms with E-state index in [1.807, 2.05) is 0 Å². The van der Waals surface area contributed by atoms with Gasteiger partial charge in [0, 0.05) is 32.8 Å². The van der Waals surface area contributed by atoms with Crippen molar-refractivity contribution in [3.05, 3.63) is 29.8 Å². The maximum absolute atomic E-state index is 13.4. The number of halogens is 2. The molecule has 1 aromatic carbocycles. The smallest absolute Gasteiger partial charge is 0.257 e. The van der Waals surface area contributed by atoms with E-state index in [9.17, 15) is 13.6 Å². The van der Waals surface area contributed by atoms with Crippen LogP contribution in [0.2, 0.25) is 0 Å². The number of amides is 1. The van der Waals surface area contributed by atoms with Crippen molar-refractivity contribution >= 4 is 5.91 Å². The number of carbonyl (C=O) groups excluding carboxylic acids is 1. The fourth-order valence-electron chi connectivity index (χ4n) is 2.55. The van der Waals surface area contributed by atoms with E-state index in [4.69, 9.17) is 9.47 Å². The Labute approximate surface area is 134 Å². The normalized spacial score (nSPS) is 18.1. The standard InChI is InChI=1S/C16H22F2N2O3/c1-22-7-6-20-5-4-12(10-20)9-19-16(21)11-23-15-3-2-13(17)8-14(15)18/h2-3,8,12H,4-7,9-11H2,1H3,(H,19,21). The number of hydrogen-bond donors (Lipinski definition) is 1. The van der Waals surface area contributed by atoms with Gasteiger partial charge in [0.05, 0.1) is 6.61 Å². The van der Waals surface area contributed by atoms with E-state index in [-0.39, 0.29) is 18.3 Å². The van der Waals surface area contributed by atoms with Gasteiger partial charge in [-0.05, 0) is 31.0 Å². The molecule has 1 saturated heterocycles. The number of nitrogens with one attached hydrogen (secondary N) is 1. The van der Waals surface area contributed by atoms with Gasteiger partial charge in [-0.2, -0.15) is 0 Å².